The molecule has 0 spiro atoms. The van der Waals surface area contributed by atoms with Crippen LogP contribution in [0.2, 0.25) is 0 Å². The third-order valence-electron chi connectivity index (χ3n) is 5.44. The highest BCUT2D eigenvalue weighted by atomic mass is 16.4. The normalized spacial score (nSPS) is 18.6. The Kier molecular flexibility index (Phi) is 5.88. The number of carboxylic acids is 1. The highest BCUT2D eigenvalue weighted by molar-refractivity contribution is 5.70. The number of hydrogen-bond acceptors (Lipinski definition) is 6. The van der Waals surface area contributed by atoms with E-state index in [1.165, 1.54) is 0 Å². The van der Waals surface area contributed by atoms with Gasteiger partial charge in [-0.1, -0.05) is 12.1 Å². The number of anilines is 3. The molecule has 1 aliphatic rings. The summed E-state index contributed by atoms with van der Waals surface area (Å²) in [7, 11) is 0. The monoisotopic (exact) mass is 403 g/mol. The number of pyridine rings is 1. The van der Waals surface area contributed by atoms with Gasteiger partial charge in [0.25, 0.3) is 0 Å². The zero-order valence-corrected chi connectivity index (χ0v) is 16.9. The Hall–Kier alpha value is -3.48. The van der Waals surface area contributed by atoms with Gasteiger partial charge in [0.1, 0.15) is 5.82 Å². The maximum atomic E-state index is 11.1. The van der Waals surface area contributed by atoms with E-state index in [1.54, 1.807) is 6.20 Å². The molecule has 7 nitrogen and oxygen atoms in total. The minimum atomic E-state index is -0.679. The third kappa shape index (κ3) is 4.92. The number of nitrogens with zero attached hydrogens (tertiary/aromatic N) is 3. The number of carboxylic acid groups (broad SMARTS) is 1. The molecule has 1 aromatic carbocycles. The first-order chi connectivity index (χ1) is 14.6. The molecule has 1 aliphatic carbocycles. The van der Waals surface area contributed by atoms with E-state index in [0.29, 0.717) is 5.95 Å². The van der Waals surface area contributed by atoms with Crippen LogP contribution in [0.3, 0.4) is 0 Å². The summed E-state index contributed by atoms with van der Waals surface area (Å²) in [6.45, 7) is 1.93. The fraction of sp³-hybridized carbons (Fsp3) is 0.304. The van der Waals surface area contributed by atoms with Gasteiger partial charge in [0, 0.05) is 35.4 Å². The molecule has 0 radical (unpaired) electrons. The Balaban J connectivity index is 1.40. The Labute approximate surface area is 175 Å². The molecule has 0 unspecified atom stereocenters. The second kappa shape index (κ2) is 8.90. The van der Waals surface area contributed by atoms with Gasteiger partial charge < -0.3 is 15.7 Å². The highest BCUT2D eigenvalue weighted by Crippen LogP contribution is 2.28. The lowest BCUT2D eigenvalue weighted by Gasteiger charge is -2.27. The van der Waals surface area contributed by atoms with Gasteiger partial charge in [-0.2, -0.15) is 0 Å². The van der Waals surface area contributed by atoms with Gasteiger partial charge in [-0.3, -0.25) is 4.79 Å². The number of nitrogens with one attached hydrogen (secondary N) is 2. The first-order valence-electron chi connectivity index (χ1n) is 10.2. The van der Waals surface area contributed by atoms with Crippen LogP contribution in [0.15, 0.2) is 54.9 Å². The minimum Gasteiger partial charge on any atom is -0.481 e. The quantitative estimate of drug-likeness (QED) is 0.551. The lowest BCUT2D eigenvalue weighted by Crippen LogP contribution is -2.29. The summed E-state index contributed by atoms with van der Waals surface area (Å²) >= 11 is 0. The van der Waals surface area contributed by atoms with E-state index in [1.807, 2.05) is 55.6 Å². The summed E-state index contributed by atoms with van der Waals surface area (Å²) < 4.78 is 0. The van der Waals surface area contributed by atoms with Crippen LogP contribution >= 0.6 is 0 Å². The van der Waals surface area contributed by atoms with Crippen molar-refractivity contribution >= 4 is 23.4 Å². The summed E-state index contributed by atoms with van der Waals surface area (Å²) in [6, 6.07) is 14.2. The molecule has 1 saturated carbocycles. The Bertz CT molecular complexity index is 1010. The molecule has 0 saturated heterocycles. The van der Waals surface area contributed by atoms with E-state index in [2.05, 4.69) is 25.6 Å². The summed E-state index contributed by atoms with van der Waals surface area (Å²) in [5, 5.41) is 15.8. The standard InChI is InChI=1S/C23H25N5O2/c1-15-11-12-24-23(26-15)28-20-4-2-3-17(13-20)18-7-10-21(25-14-18)27-19-8-5-16(6-9-19)22(29)30/h2-4,7,10-14,16,19H,5-6,8-9H2,1H3,(H,25,27)(H,29,30)(H,24,26,28). The van der Waals surface area contributed by atoms with Crippen molar-refractivity contribution < 1.29 is 9.90 Å². The first kappa shape index (κ1) is 19.8. The first-order valence-corrected chi connectivity index (χ1v) is 10.2. The molecule has 4 rings (SSSR count). The maximum absolute atomic E-state index is 11.1. The second-order valence-corrected chi connectivity index (χ2v) is 7.69. The van der Waals surface area contributed by atoms with Crippen LogP contribution in [-0.2, 0) is 4.79 Å². The molecule has 1 fully saturated rings. The van der Waals surface area contributed by atoms with Gasteiger partial charge in [-0.25, -0.2) is 15.0 Å². The molecule has 2 heterocycles. The van der Waals surface area contributed by atoms with Crippen molar-refractivity contribution in [1.82, 2.24) is 15.0 Å². The van der Waals surface area contributed by atoms with E-state index in [9.17, 15) is 4.79 Å². The third-order valence-corrected chi connectivity index (χ3v) is 5.44. The van der Waals surface area contributed by atoms with Crippen LogP contribution in [0.4, 0.5) is 17.5 Å². The number of carbonyl (C=O) groups is 1. The smallest absolute Gasteiger partial charge is 0.306 e. The number of aryl methyl sites for hydroxylation is 1. The Morgan fingerprint density at radius 1 is 1.03 bits per heavy atom. The minimum absolute atomic E-state index is 0.204. The van der Waals surface area contributed by atoms with Crippen LogP contribution in [-0.4, -0.2) is 32.1 Å². The predicted molar refractivity (Wildman–Crippen MR) is 117 cm³/mol. The van der Waals surface area contributed by atoms with Gasteiger partial charge in [0.15, 0.2) is 0 Å². The average Bonchev–Trinajstić information content (AvgIpc) is 2.75. The molecular weight excluding hydrogens is 378 g/mol. The summed E-state index contributed by atoms with van der Waals surface area (Å²) in [5.74, 6) is 0.508. The van der Waals surface area contributed by atoms with E-state index < -0.39 is 5.97 Å². The molecular formula is C23H25N5O2. The molecule has 7 heteroatoms. The highest BCUT2D eigenvalue weighted by Gasteiger charge is 2.25. The molecule has 3 N–H and O–H groups in total. The molecule has 154 valence electrons. The number of aliphatic carboxylic acids is 1. The predicted octanol–water partition coefficient (Wildman–Crippen LogP) is 4.65. The number of aromatic nitrogens is 3. The molecule has 30 heavy (non-hydrogen) atoms. The van der Waals surface area contributed by atoms with Gasteiger partial charge in [-0.05, 0) is 68.5 Å². The van der Waals surface area contributed by atoms with Crippen molar-refractivity contribution in [3.63, 3.8) is 0 Å². The average molecular weight is 403 g/mol. The molecule has 3 aromatic rings. The van der Waals surface area contributed by atoms with Crippen LogP contribution < -0.4 is 10.6 Å². The Morgan fingerprint density at radius 3 is 2.57 bits per heavy atom. The van der Waals surface area contributed by atoms with Gasteiger partial charge in [0.2, 0.25) is 5.95 Å². The van der Waals surface area contributed by atoms with E-state index >= 15 is 0 Å². The second-order valence-electron chi connectivity index (χ2n) is 7.69. The van der Waals surface area contributed by atoms with Crippen molar-refractivity contribution in [2.75, 3.05) is 10.6 Å². The molecule has 0 bridgehead atoms. The SMILES string of the molecule is Cc1ccnc(Nc2cccc(-c3ccc(NC4CCC(C(=O)O)CC4)nc3)c2)n1. The van der Waals surface area contributed by atoms with Gasteiger partial charge >= 0.3 is 5.97 Å². The topological polar surface area (TPSA) is 100 Å². The number of hydrogen-bond donors (Lipinski definition) is 3. The number of rotatable bonds is 6. The number of benzene rings is 1. The van der Waals surface area contributed by atoms with Crippen LogP contribution in [0.25, 0.3) is 11.1 Å². The van der Waals surface area contributed by atoms with Crippen molar-refractivity contribution in [2.45, 2.75) is 38.6 Å². The molecule has 0 amide bonds. The molecule has 0 aliphatic heterocycles. The maximum Gasteiger partial charge on any atom is 0.306 e. The van der Waals surface area contributed by atoms with Gasteiger partial charge in [0.05, 0.1) is 5.92 Å². The van der Waals surface area contributed by atoms with E-state index in [4.69, 9.17) is 5.11 Å². The lowest BCUT2D eigenvalue weighted by atomic mass is 9.86. The molecule has 0 atom stereocenters. The zero-order valence-electron chi connectivity index (χ0n) is 16.9. The summed E-state index contributed by atoms with van der Waals surface area (Å²) in [5.41, 5.74) is 3.89. The van der Waals surface area contributed by atoms with E-state index in [-0.39, 0.29) is 12.0 Å². The largest absolute Gasteiger partial charge is 0.481 e. The summed E-state index contributed by atoms with van der Waals surface area (Å²) in [6.07, 6.45) is 6.74. The van der Waals surface area contributed by atoms with Crippen LogP contribution in [0.1, 0.15) is 31.4 Å². The lowest BCUT2D eigenvalue weighted by molar-refractivity contribution is -0.142. The van der Waals surface area contributed by atoms with Crippen LogP contribution in [0, 0.1) is 12.8 Å². The van der Waals surface area contributed by atoms with Crippen molar-refractivity contribution in [3.8, 4) is 11.1 Å². The fourth-order valence-corrected chi connectivity index (χ4v) is 3.76. The van der Waals surface area contributed by atoms with Gasteiger partial charge in [-0.15, -0.1) is 0 Å². The van der Waals surface area contributed by atoms with Crippen molar-refractivity contribution in [2.24, 2.45) is 5.92 Å². The van der Waals surface area contributed by atoms with Crippen molar-refractivity contribution in [1.29, 1.82) is 0 Å². The van der Waals surface area contributed by atoms with Crippen molar-refractivity contribution in [3.05, 3.63) is 60.6 Å². The fourth-order valence-electron chi connectivity index (χ4n) is 3.76. The Morgan fingerprint density at radius 2 is 1.87 bits per heavy atom. The van der Waals surface area contributed by atoms with Crippen LogP contribution in [0.5, 0.6) is 0 Å². The summed E-state index contributed by atoms with van der Waals surface area (Å²) in [4.78, 5) is 24.3. The van der Waals surface area contributed by atoms with E-state index in [0.717, 1.165) is 54.0 Å². The molecule has 2 aromatic heterocycles. The zero-order chi connectivity index (χ0) is 20.9.